The second-order valence-corrected chi connectivity index (χ2v) is 5.30. The molecule has 1 aliphatic carbocycles. The lowest BCUT2D eigenvalue weighted by Gasteiger charge is -2.29. The van der Waals surface area contributed by atoms with Gasteiger partial charge in [-0.3, -0.25) is 4.90 Å². The minimum atomic E-state index is 0.595. The molecule has 16 heavy (non-hydrogen) atoms. The van der Waals surface area contributed by atoms with Gasteiger partial charge >= 0.3 is 0 Å². The SMILES string of the molecule is C[C@H]1CCCN(Cc2nc(C3CC3)no2)C1. The summed E-state index contributed by atoms with van der Waals surface area (Å²) in [5, 5.41) is 4.05. The maximum Gasteiger partial charge on any atom is 0.240 e. The molecule has 2 heterocycles. The van der Waals surface area contributed by atoms with E-state index in [9.17, 15) is 0 Å². The summed E-state index contributed by atoms with van der Waals surface area (Å²) in [6.07, 6.45) is 5.12. The molecule has 88 valence electrons. The Kier molecular flexibility index (Phi) is 2.67. The molecule has 0 amide bonds. The van der Waals surface area contributed by atoms with Gasteiger partial charge in [0.25, 0.3) is 0 Å². The van der Waals surface area contributed by atoms with E-state index in [1.807, 2.05) is 0 Å². The topological polar surface area (TPSA) is 42.2 Å². The first-order valence-electron chi connectivity index (χ1n) is 6.36. The van der Waals surface area contributed by atoms with E-state index in [4.69, 9.17) is 4.52 Å². The average Bonchev–Trinajstić information content (AvgIpc) is 3.01. The number of likely N-dealkylation sites (tertiary alicyclic amines) is 1. The van der Waals surface area contributed by atoms with E-state index in [-0.39, 0.29) is 0 Å². The van der Waals surface area contributed by atoms with Crippen LogP contribution in [-0.2, 0) is 6.54 Å². The van der Waals surface area contributed by atoms with Crippen LogP contribution >= 0.6 is 0 Å². The zero-order chi connectivity index (χ0) is 11.0. The maximum atomic E-state index is 5.30. The molecule has 0 radical (unpaired) electrons. The average molecular weight is 221 g/mol. The Morgan fingerprint density at radius 3 is 3.00 bits per heavy atom. The molecule has 1 aromatic rings. The molecule has 2 aliphatic rings. The number of aromatic nitrogens is 2. The Labute approximate surface area is 96.0 Å². The van der Waals surface area contributed by atoms with Crippen molar-refractivity contribution >= 4 is 0 Å². The first-order valence-corrected chi connectivity index (χ1v) is 6.36. The molecular weight excluding hydrogens is 202 g/mol. The summed E-state index contributed by atoms with van der Waals surface area (Å²) in [4.78, 5) is 6.90. The van der Waals surface area contributed by atoms with Crippen LogP contribution in [0.5, 0.6) is 0 Å². The third-order valence-electron chi connectivity index (χ3n) is 3.53. The van der Waals surface area contributed by atoms with Crippen LogP contribution in [0.25, 0.3) is 0 Å². The van der Waals surface area contributed by atoms with Gasteiger partial charge in [-0.15, -0.1) is 0 Å². The monoisotopic (exact) mass is 221 g/mol. The first kappa shape index (κ1) is 10.3. The van der Waals surface area contributed by atoms with Crippen LogP contribution in [-0.4, -0.2) is 28.1 Å². The smallest absolute Gasteiger partial charge is 0.240 e. The molecule has 4 nitrogen and oxygen atoms in total. The molecule has 1 aliphatic heterocycles. The van der Waals surface area contributed by atoms with Crippen molar-refractivity contribution in [3.8, 4) is 0 Å². The fourth-order valence-corrected chi connectivity index (χ4v) is 2.46. The van der Waals surface area contributed by atoms with Crippen molar-refractivity contribution in [2.45, 2.75) is 45.1 Å². The Bertz CT molecular complexity index is 359. The van der Waals surface area contributed by atoms with Crippen LogP contribution in [0, 0.1) is 5.92 Å². The second-order valence-electron chi connectivity index (χ2n) is 5.30. The van der Waals surface area contributed by atoms with Crippen molar-refractivity contribution in [2.24, 2.45) is 5.92 Å². The Morgan fingerprint density at radius 1 is 1.38 bits per heavy atom. The van der Waals surface area contributed by atoms with Crippen LogP contribution in [0.2, 0.25) is 0 Å². The van der Waals surface area contributed by atoms with E-state index < -0.39 is 0 Å². The van der Waals surface area contributed by atoms with Gasteiger partial charge in [0.15, 0.2) is 5.82 Å². The van der Waals surface area contributed by atoms with Crippen LogP contribution in [0.3, 0.4) is 0 Å². The largest absolute Gasteiger partial charge is 0.338 e. The number of hydrogen-bond acceptors (Lipinski definition) is 4. The predicted molar refractivity (Wildman–Crippen MR) is 59.9 cm³/mol. The van der Waals surface area contributed by atoms with Crippen molar-refractivity contribution in [1.82, 2.24) is 15.0 Å². The van der Waals surface area contributed by atoms with Crippen LogP contribution < -0.4 is 0 Å². The van der Waals surface area contributed by atoms with Crippen molar-refractivity contribution < 1.29 is 4.52 Å². The highest BCUT2D eigenvalue weighted by molar-refractivity contribution is 5.03. The summed E-state index contributed by atoms with van der Waals surface area (Å²) in [7, 11) is 0. The molecule has 1 aromatic heterocycles. The Morgan fingerprint density at radius 2 is 2.25 bits per heavy atom. The lowest BCUT2D eigenvalue weighted by atomic mass is 10.0. The first-order chi connectivity index (χ1) is 7.81. The van der Waals surface area contributed by atoms with Gasteiger partial charge in [-0.2, -0.15) is 4.98 Å². The lowest BCUT2D eigenvalue weighted by Crippen LogP contribution is -2.33. The molecule has 0 N–H and O–H groups in total. The third-order valence-corrected chi connectivity index (χ3v) is 3.53. The summed E-state index contributed by atoms with van der Waals surface area (Å²) in [5.74, 6) is 3.13. The van der Waals surface area contributed by atoms with E-state index in [1.54, 1.807) is 0 Å². The summed E-state index contributed by atoms with van der Waals surface area (Å²) >= 11 is 0. The number of hydrogen-bond donors (Lipinski definition) is 0. The predicted octanol–water partition coefficient (Wildman–Crippen LogP) is 2.18. The van der Waals surface area contributed by atoms with E-state index in [2.05, 4.69) is 22.0 Å². The molecule has 3 rings (SSSR count). The molecular formula is C12H19N3O. The molecule has 0 aromatic carbocycles. The third kappa shape index (κ3) is 2.26. The van der Waals surface area contributed by atoms with Gasteiger partial charge in [0, 0.05) is 12.5 Å². The van der Waals surface area contributed by atoms with Crippen molar-refractivity contribution in [3.05, 3.63) is 11.7 Å². The Hall–Kier alpha value is -0.900. The molecule has 0 unspecified atom stereocenters. The Balaban J connectivity index is 1.59. The maximum absolute atomic E-state index is 5.30. The van der Waals surface area contributed by atoms with E-state index in [0.717, 1.165) is 24.2 Å². The fraction of sp³-hybridized carbons (Fsp3) is 0.833. The summed E-state index contributed by atoms with van der Waals surface area (Å²) in [6.45, 7) is 5.49. The fourth-order valence-electron chi connectivity index (χ4n) is 2.46. The zero-order valence-corrected chi connectivity index (χ0v) is 9.85. The summed E-state index contributed by atoms with van der Waals surface area (Å²) in [5.41, 5.74) is 0. The number of nitrogens with zero attached hydrogens (tertiary/aromatic N) is 3. The summed E-state index contributed by atoms with van der Waals surface area (Å²) < 4.78 is 5.30. The quantitative estimate of drug-likeness (QED) is 0.784. The second kappa shape index (κ2) is 4.17. The van der Waals surface area contributed by atoms with Crippen LogP contribution in [0.15, 0.2) is 4.52 Å². The molecule has 0 bridgehead atoms. The molecule has 1 saturated heterocycles. The molecule has 1 saturated carbocycles. The minimum Gasteiger partial charge on any atom is -0.338 e. The van der Waals surface area contributed by atoms with Gasteiger partial charge in [-0.25, -0.2) is 0 Å². The molecule has 2 fully saturated rings. The van der Waals surface area contributed by atoms with E-state index in [1.165, 1.54) is 38.8 Å². The van der Waals surface area contributed by atoms with Gasteiger partial charge in [-0.1, -0.05) is 12.1 Å². The van der Waals surface area contributed by atoms with Gasteiger partial charge in [0.1, 0.15) is 0 Å². The highest BCUT2D eigenvalue weighted by atomic mass is 16.5. The van der Waals surface area contributed by atoms with Gasteiger partial charge in [-0.05, 0) is 38.1 Å². The van der Waals surface area contributed by atoms with Crippen molar-refractivity contribution in [1.29, 1.82) is 0 Å². The van der Waals surface area contributed by atoms with Crippen molar-refractivity contribution in [3.63, 3.8) is 0 Å². The summed E-state index contributed by atoms with van der Waals surface area (Å²) in [6, 6.07) is 0. The van der Waals surface area contributed by atoms with E-state index in [0.29, 0.717) is 5.92 Å². The molecule has 0 spiro atoms. The molecule has 4 heteroatoms. The zero-order valence-electron chi connectivity index (χ0n) is 9.85. The van der Waals surface area contributed by atoms with Gasteiger partial charge in [0.2, 0.25) is 5.89 Å². The van der Waals surface area contributed by atoms with Crippen LogP contribution in [0.1, 0.15) is 50.2 Å². The van der Waals surface area contributed by atoms with Crippen molar-refractivity contribution in [2.75, 3.05) is 13.1 Å². The number of rotatable bonds is 3. The highest BCUT2D eigenvalue weighted by Crippen LogP contribution is 2.38. The number of piperidine rings is 1. The highest BCUT2D eigenvalue weighted by Gasteiger charge is 2.29. The van der Waals surface area contributed by atoms with Crippen LogP contribution in [0.4, 0.5) is 0 Å². The van der Waals surface area contributed by atoms with Gasteiger partial charge in [0.05, 0.1) is 6.54 Å². The van der Waals surface area contributed by atoms with Gasteiger partial charge < -0.3 is 4.52 Å². The standard InChI is InChI=1S/C12H19N3O/c1-9-3-2-6-15(7-9)8-11-13-12(14-16-11)10-4-5-10/h9-10H,2-8H2,1H3/t9-/m0/s1. The lowest BCUT2D eigenvalue weighted by molar-refractivity contribution is 0.157. The normalized spacial score (nSPS) is 27.2. The van der Waals surface area contributed by atoms with E-state index >= 15 is 0 Å². The molecule has 1 atom stereocenters. The minimum absolute atomic E-state index is 0.595.